The van der Waals surface area contributed by atoms with Crippen molar-refractivity contribution in [2.45, 2.75) is 44.3 Å². The monoisotopic (exact) mass is 245 g/mol. The molecule has 0 spiro atoms. The fourth-order valence-corrected chi connectivity index (χ4v) is 2.43. The van der Waals surface area contributed by atoms with Gasteiger partial charge in [0.25, 0.3) is 0 Å². The third-order valence-corrected chi connectivity index (χ3v) is 3.39. The molecule has 0 unspecified atom stereocenters. The van der Waals surface area contributed by atoms with Crippen LogP contribution in [-0.4, -0.2) is 32.2 Å². The molecule has 92 valence electrons. The van der Waals surface area contributed by atoms with E-state index in [0.29, 0.717) is 6.54 Å². The average Bonchev–Trinajstić information content (AvgIpc) is 2.64. The van der Waals surface area contributed by atoms with Crippen LogP contribution < -0.4 is 5.69 Å². The molecule has 0 aromatic carbocycles. The third-order valence-electron chi connectivity index (χ3n) is 2.32. The van der Waals surface area contributed by atoms with Crippen LogP contribution in [0.1, 0.15) is 32.6 Å². The number of nitrogens with one attached hydrogen (secondary N) is 1. The minimum Gasteiger partial charge on any atom is -0.396 e. The van der Waals surface area contributed by atoms with Gasteiger partial charge in [0.1, 0.15) is 0 Å². The highest BCUT2D eigenvalue weighted by Crippen LogP contribution is 2.15. The van der Waals surface area contributed by atoms with E-state index < -0.39 is 0 Å². The summed E-state index contributed by atoms with van der Waals surface area (Å²) in [5.74, 6) is 0.968. The van der Waals surface area contributed by atoms with Crippen LogP contribution in [0.2, 0.25) is 0 Å². The lowest BCUT2D eigenvalue weighted by atomic mass is 10.2. The van der Waals surface area contributed by atoms with Crippen LogP contribution >= 0.6 is 11.8 Å². The van der Waals surface area contributed by atoms with Crippen molar-refractivity contribution in [1.82, 2.24) is 14.8 Å². The second-order valence-corrected chi connectivity index (χ2v) is 4.60. The van der Waals surface area contributed by atoms with Crippen LogP contribution in [0.25, 0.3) is 0 Å². The molecule has 2 N–H and O–H groups in total. The summed E-state index contributed by atoms with van der Waals surface area (Å²) in [5, 5.41) is 15.8. The van der Waals surface area contributed by atoms with Crippen molar-refractivity contribution in [3.05, 3.63) is 10.5 Å². The predicted molar refractivity (Wildman–Crippen MR) is 64.8 cm³/mol. The van der Waals surface area contributed by atoms with Gasteiger partial charge in [-0.25, -0.2) is 9.89 Å². The largest absolute Gasteiger partial charge is 0.396 e. The highest BCUT2D eigenvalue weighted by Gasteiger charge is 2.05. The van der Waals surface area contributed by atoms with Crippen LogP contribution in [0.15, 0.2) is 9.95 Å². The molecule has 0 atom stereocenters. The van der Waals surface area contributed by atoms with E-state index in [0.717, 1.165) is 36.6 Å². The van der Waals surface area contributed by atoms with Crippen LogP contribution in [0.3, 0.4) is 0 Å². The van der Waals surface area contributed by atoms with Crippen molar-refractivity contribution in [2.24, 2.45) is 0 Å². The number of aliphatic hydroxyl groups excluding tert-OH is 1. The predicted octanol–water partition coefficient (Wildman–Crippen LogP) is 1.24. The average molecular weight is 245 g/mol. The molecule has 0 bridgehead atoms. The molecule has 0 saturated heterocycles. The molecular weight excluding hydrogens is 226 g/mol. The highest BCUT2D eigenvalue weighted by atomic mass is 32.2. The molecule has 0 saturated carbocycles. The molecule has 0 fully saturated rings. The Morgan fingerprint density at radius 1 is 1.38 bits per heavy atom. The van der Waals surface area contributed by atoms with Crippen molar-refractivity contribution in [3.63, 3.8) is 0 Å². The van der Waals surface area contributed by atoms with E-state index in [2.05, 4.69) is 10.2 Å². The Bertz CT molecular complexity index is 348. The number of aliphatic hydroxyl groups is 1. The van der Waals surface area contributed by atoms with Crippen molar-refractivity contribution in [3.8, 4) is 0 Å². The fraction of sp³-hybridized carbons (Fsp3) is 0.800. The number of unbranched alkanes of at least 4 members (excludes halogenated alkanes) is 3. The Balaban J connectivity index is 2.24. The summed E-state index contributed by atoms with van der Waals surface area (Å²) in [5.41, 5.74) is -0.134. The standard InChI is InChI=1S/C10H19N3O2S/c1-2-13-9(15)11-12-10(13)16-8-6-4-3-5-7-14/h14H,2-8H2,1H3,(H,11,15). The van der Waals surface area contributed by atoms with Crippen LogP contribution in [-0.2, 0) is 6.54 Å². The van der Waals surface area contributed by atoms with Gasteiger partial charge in [-0.2, -0.15) is 0 Å². The number of hydrogen-bond acceptors (Lipinski definition) is 4. The minimum absolute atomic E-state index is 0.134. The number of aromatic nitrogens is 3. The van der Waals surface area contributed by atoms with Gasteiger partial charge >= 0.3 is 5.69 Å². The summed E-state index contributed by atoms with van der Waals surface area (Å²) >= 11 is 1.61. The van der Waals surface area contributed by atoms with Crippen LogP contribution in [0.5, 0.6) is 0 Å². The lowest BCUT2D eigenvalue weighted by Gasteiger charge is -2.01. The van der Waals surface area contributed by atoms with E-state index in [1.807, 2.05) is 6.92 Å². The van der Waals surface area contributed by atoms with E-state index in [-0.39, 0.29) is 12.3 Å². The zero-order valence-electron chi connectivity index (χ0n) is 9.61. The summed E-state index contributed by atoms with van der Waals surface area (Å²) in [7, 11) is 0. The molecule has 16 heavy (non-hydrogen) atoms. The van der Waals surface area contributed by atoms with Gasteiger partial charge < -0.3 is 5.11 Å². The van der Waals surface area contributed by atoms with Gasteiger partial charge in [0.05, 0.1) is 0 Å². The molecule has 0 radical (unpaired) electrons. The number of H-pyrrole nitrogens is 1. The minimum atomic E-state index is -0.134. The zero-order valence-corrected chi connectivity index (χ0v) is 10.4. The zero-order chi connectivity index (χ0) is 11.8. The van der Waals surface area contributed by atoms with Gasteiger partial charge in [-0.05, 0) is 19.8 Å². The Morgan fingerprint density at radius 3 is 2.81 bits per heavy atom. The van der Waals surface area contributed by atoms with E-state index in [4.69, 9.17) is 5.11 Å². The number of hydrogen-bond donors (Lipinski definition) is 2. The van der Waals surface area contributed by atoms with E-state index in [1.54, 1.807) is 16.3 Å². The molecule has 1 rings (SSSR count). The summed E-state index contributed by atoms with van der Waals surface area (Å²) in [6.07, 6.45) is 4.16. The van der Waals surface area contributed by atoms with Gasteiger partial charge in [0, 0.05) is 18.9 Å². The molecule has 0 amide bonds. The Morgan fingerprint density at radius 2 is 2.12 bits per heavy atom. The van der Waals surface area contributed by atoms with Crippen molar-refractivity contribution < 1.29 is 5.11 Å². The first-order valence-electron chi connectivity index (χ1n) is 5.68. The molecule has 1 aromatic heterocycles. The maximum absolute atomic E-state index is 11.2. The first-order valence-corrected chi connectivity index (χ1v) is 6.67. The maximum Gasteiger partial charge on any atom is 0.343 e. The van der Waals surface area contributed by atoms with Crippen molar-refractivity contribution in [2.75, 3.05) is 12.4 Å². The van der Waals surface area contributed by atoms with Gasteiger partial charge in [-0.1, -0.05) is 24.6 Å². The molecule has 0 aliphatic carbocycles. The molecule has 0 aliphatic heterocycles. The fourth-order valence-electron chi connectivity index (χ4n) is 1.42. The number of nitrogens with zero attached hydrogens (tertiary/aromatic N) is 2. The normalized spacial score (nSPS) is 10.9. The molecule has 6 heteroatoms. The number of thioether (sulfide) groups is 1. The Hall–Kier alpha value is -0.750. The van der Waals surface area contributed by atoms with Crippen molar-refractivity contribution >= 4 is 11.8 Å². The summed E-state index contributed by atoms with van der Waals surface area (Å²) in [6.45, 7) is 2.87. The van der Waals surface area contributed by atoms with Gasteiger partial charge in [-0.3, -0.25) is 4.57 Å². The first-order chi connectivity index (χ1) is 7.79. The molecule has 5 nitrogen and oxygen atoms in total. The molecule has 1 heterocycles. The summed E-state index contributed by atoms with van der Waals surface area (Å²) in [4.78, 5) is 11.2. The Labute approximate surface area is 99.3 Å². The maximum atomic E-state index is 11.2. The second kappa shape index (κ2) is 7.51. The second-order valence-electron chi connectivity index (χ2n) is 3.54. The first kappa shape index (κ1) is 13.3. The topological polar surface area (TPSA) is 70.9 Å². The van der Waals surface area contributed by atoms with Crippen LogP contribution in [0.4, 0.5) is 0 Å². The van der Waals surface area contributed by atoms with Gasteiger partial charge in [-0.15, -0.1) is 5.10 Å². The summed E-state index contributed by atoms with van der Waals surface area (Å²) < 4.78 is 1.64. The summed E-state index contributed by atoms with van der Waals surface area (Å²) in [6, 6.07) is 0. The number of rotatable bonds is 8. The lowest BCUT2D eigenvalue weighted by molar-refractivity contribution is 0.283. The highest BCUT2D eigenvalue weighted by molar-refractivity contribution is 7.99. The van der Waals surface area contributed by atoms with Gasteiger partial charge in [0.15, 0.2) is 5.16 Å². The number of aromatic amines is 1. The van der Waals surface area contributed by atoms with E-state index in [9.17, 15) is 4.79 Å². The SMILES string of the molecule is CCn1c(SCCCCCCO)n[nH]c1=O. The van der Waals surface area contributed by atoms with E-state index in [1.165, 1.54) is 0 Å². The van der Waals surface area contributed by atoms with Gasteiger partial charge in [0.2, 0.25) is 0 Å². The quantitative estimate of drug-likeness (QED) is 0.534. The molecule has 1 aromatic rings. The third kappa shape index (κ3) is 4.02. The Kier molecular flexibility index (Phi) is 6.25. The molecular formula is C10H19N3O2S. The van der Waals surface area contributed by atoms with Crippen LogP contribution in [0, 0.1) is 0 Å². The van der Waals surface area contributed by atoms with Crippen molar-refractivity contribution in [1.29, 1.82) is 0 Å². The lowest BCUT2D eigenvalue weighted by Crippen LogP contribution is -2.16. The smallest absolute Gasteiger partial charge is 0.343 e. The van der Waals surface area contributed by atoms with E-state index >= 15 is 0 Å². The molecule has 0 aliphatic rings.